The van der Waals surface area contributed by atoms with E-state index in [1.54, 1.807) is 30.6 Å². The Labute approximate surface area is 110 Å². The smallest absolute Gasteiger partial charge is 0.269 e. The van der Waals surface area contributed by atoms with Crippen LogP contribution in [-0.4, -0.2) is 9.91 Å². The Hall–Kier alpha value is -2.43. The van der Waals surface area contributed by atoms with Crippen LogP contribution in [0.25, 0.3) is 0 Å². The van der Waals surface area contributed by atoms with Crippen LogP contribution in [0.4, 0.5) is 5.69 Å². The van der Waals surface area contributed by atoms with Crippen molar-refractivity contribution in [1.82, 2.24) is 4.98 Å². The van der Waals surface area contributed by atoms with E-state index in [-0.39, 0.29) is 10.6 Å². The van der Waals surface area contributed by atoms with Crippen LogP contribution in [0.5, 0.6) is 11.5 Å². The molecule has 0 radical (unpaired) electrons. The molecule has 96 valence electrons. The van der Waals surface area contributed by atoms with Gasteiger partial charge in [0.15, 0.2) is 0 Å². The minimum atomic E-state index is -0.375. The van der Waals surface area contributed by atoms with Gasteiger partial charge in [-0.3, -0.25) is 15.1 Å². The van der Waals surface area contributed by atoms with Crippen LogP contribution in [0.2, 0.25) is 0 Å². The highest BCUT2D eigenvalue weighted by molar-refractivity contribution is 5.48. The minimum Gasteiger partial charge on any atom is -0.455 e. The molecule has 1 aliphatic carbocycles. The Bertz CT molecular complexity index is 609. The molecule has 0 saturated heterocycles. The number of ether oxygens (including phenoxy) is 1. The fourth-order valence-corrected chi connectivity index (χ4v) is 1.99. The third kappa shape index (κ3) is 2.54. The lowest BCUT2D eigenvalue weighted by atomic mass is 10.1. The van der Waals surface area contributed by atoms with Gasteiger partial charge in [0.05, 0.1) is 11.1 Å². The maximum atomic E-state index is 10.8. The fourth-order valence-electron chi connectivity index (χ4n) is 1.99. The van der Waals surface area contributed by atoms with Gasteiger partial charge in [-0.15, -0.1) is 0 Å². The predicted molar refractivity (Wildman–Crippen MR) is 69.4 cm³/mol. The Morgan fingerprint density at radius 1 is 1.32 bits per heavy atom. The second-order valence-corrected chi connectivity index (χ2v) is 4.54. The molecule has 1 heterocycles. The van der Waals surface area contributed by atoms with Gasteiger partial charge >= 0.3 is 0 Å². The van der Waals surface area contributed by atoms with E-state index in [0.29, 0.717) is 17.4 Å². The molecule has 0 N–H and O–H groups in total. The first-order valence-corrected chi connectivity index (χ1v) is 6.10. The number of nitro groups is 1. The van der Waals surface area contributed by atoms with Gasteiger partial charge in [-0.2, -0.15) is 0 Å². The number of hydrogen-bond acceptors (Lipinski definition) is 4. The van der Waals surface area contributed by atoms with E-state index in [1.807, 2.05) is 6.07 Å². The van der Waals surface area contributed by atoms with Gasteiger partial charge in [0.2, 0.25) is 0 Å². The van der Waals surface area contributed by atoms with Crippen LogP contribution in [0.3, 0.4) is 0 Å². The Balaban J connectivity index is 1.94. The average molecular weight is 256 g/mol. The number of non-ortho nitro benzene ring substituents is 1. The molecular weight excluding hydrogens is 244 g/mol. The van der Waals surface area contributed by atoms with Crippen molar-refractivity contribution in [2.24, 2.45) is 0 Å². The number of aromatic nitrogens is 1. The van der Waals surface area contributed by atoms with Crippen LogP contribution >= 0.6 is 0 Å². The molecule has 0 bridgehead atoms. The monoisotopic (exact) mass is 256 g/mol. The number of hydrogen-bond donors (Lipinski definition) is 0. The maximum Gasteiger partial charge on any atom is 0.269 e. The minimum absolute atomic E-state index is 0.112. The van der Waals surface area contributed by atoms with Gasteiger partial charge < -0.3 is 4.74 Å². The SMILES string of the molecule is O=[N+]([O-])c1ccc(Oc2cccnc2)c(C2CC2)c1. The van der Waals surface area contributed by atoms with Crippen molar-refractivity contribution in [3.05, 3.63) is 58.4 Å². The van der Waals surface area contributed by atoms with Crippen molar-refractivity contribution < 1.29 is 9.66 Å². The van der Waals surface area contributed by atoms with Gasteiger partial charge in [-0.25, -0.2) is 0 Å². The van der Waals surface area contributed by atoms with Gasteiger partial charge in [0.1, 0.15) is 11.5 Å². The van der Waals surface area contributed by atoms with Crippen molar-refractivity contribution in [3.8, 4) is 11.5 Å². The summed E-state index contributed by atoms with van der Waals surface area (Å²) in [5.41, 5.74) is 1.03. The third-order valence-electron chi connectivity index (χ3n) is 3.08. The molecule has 1 aromatic heterocycles. The summed E-state index contributed by atoms with van der Waals surface area (Å²) in [6.07, 6.45) is 5.41. The molecular formula is C14H12N2O3. The molecule has 1 aromatic carbocycles. The molecule has 5 nitrogen and oxygen atoms in total. The van der Waals surface area contributed by atoms with Gasteiger partial charge in [-0.1, -0.05) is 0 Å². The predicted octanol–water partition coefficient (Wildman–Crippen LogP) is 3.66. The first-order valence-electron chi connectivity index (χ1n) is 6.10. The first kappa shape index (κ1) is 11.6. The van der Waals surface area contributed by atoms with E-state index in [0.717, 1.165) is 18.4 Å². The standard InChI is InChI=1S/C14H12N2O3/c17-16(18)11-5-6-14(13(8-11)10-3-4-10)19-12-2-1-7-15-9-12/h1-2,5-10H,3-4H2. The highest BCUT2D eigenvalue weighted by Crippen LogP contribution is 2.46. The van der Waals surface area contributed by atoms with E-state index in [2.05, 4.69) is 4.98 Å². The van der Waals surface area contributed by atoms with E-state index in [9.17, 15) is 10.1 Å². The summed E-state index contributed by atoms with van der Waals surface area (Å²) in [5.74, 6) is 1.70. The zero-order chi connectivity index (χ0) is 13.2. The lowest BCUT2D eigenvalue weighted by Gasteiger charge is -2.10. The van der Waals surface area contributed by atoms with Crippen LogP contribution < -0.4 is 4.74 Å². The van der Waals surface area contributed by atoms with Crippen molar-refractivity contribution in [2.45, 2.75) is 18.8 Å². The van der Waals surface area contributed by atoms with Crippen molar-refractivity contribution in [2.75, 3.05) is 0 Å². The molecule has 0 spiro atoms. The van der Waals surface area contributed by atoms with Crippen molar-refractivity contribution in [1.29, 1.82) is 0 Å². The second-order valence-electron chi connectivity index (χ2n) is 4.54. The Kier molecular flexibility index (Phi) is 2.87. The molecule has 3 rings (SSSR count). The van der Waals surface area contributed by atoms with Crippen LogP contribution in [0.1, 0.15) is 24.3 Å². The van der Waals surface area contributed by atoms with Gasteiger partial charge in [-0.05, 0) is 37.0 Å². The molecule has 5 heteroatoms. The number of rotatable bonds is 4. The van der Waals surface area contributed by atoms with Crippen LogP contribution in [0, 0.1) is 10.1 Å². The molecule has 2 aromatic rings. The molecule has 1 saturated carbocycles. The molecule has 0 aliphatic heterocycles. The third-order valence-corrected chi connectivity index (χ3v) is 3.08. The van der Waals surface area contributed by atoms with Gasteiger partial charge in [0, 0.05) is 23.9 Å². The molecule has 19 heavy (non-hydrogen) atoms. The zero-order valence-corrected chi connectivity index (χ0v) is 10.2. The quantitative estimate of drug-likeness (QED) is 0.618. The van der Waals surface area contributed by atoms with Crippen molar-refractivity contribution >= 4 is 5.69 Å². The van der Waals surface area contributed by atoms with E-state index >= 15 is 0 Å². The Morgan fingerprint density at radius 2 is 2.16 bits per heavy atom. The molecule has 1 fully saturated rings. The highest BCUT2D eigenvalue weighted by Gasteiger charge is 2.28. The van der Waals surface area contributed by atoms with Crippen molar-refractivity contribution in [3.63, 3.8) is 0 Å². The fraction of sp³-hybridized carbons (Fsp3) is 0.214. The summed E-state index contributed by atoms with van der Waals surface area (Å²) in [6, 6.07) is 8.35. The summed E-state index contributed by atoms with van der Waals surface area (Å²) in [5, 5.41) is 10.8. The highest BCUT2D eigenvalue weighted by atomic mass is 16.6. The summed E-state index contributed by atoms with van der Waals surface area (Å²) >= 11 is 0. The summed E-state index contributed by atoms with van der Waals surface area (Å²) < 4.78 is 5.76. The molecule has 0 amide bonds. The molecule has 0 unspecified atom stereocenters. The number of nitro benzene ring substituents is 1. The Morgan fingerprint density at radius 3 is 2.79 bits per heavy atom. The number of nitrogens with zero attached hydrogens (tertiary/aromatic N) is 2. The van der Waals surface area contributed by atoms with Gasteiger partial charge in [0.25, 0.3) is 5.69 Å². The van der Waals surface area contributed by atoms with E-state index < -0.39 is 0 Å². The number of benzene rings is 1. The molecule has 1 aliphatic rings. The first-order chi connectivity index (χ1) is 9.24. The zero-order valence-electron chi connectivity index (χ0n) is 10.2. The van der Waals surface area contributed by atoms with E-state index in [1.165, 1.54) is 6.07 Å². The summed E-state index contributed by atoms with van der Waals surface area (Å²) in [4.78, 5) is 14.4. The largest absolute Gasteiger partial charge is 0.455 e. The lowest BCUT2D eigenvalue weighted by molar-refractivity contribution is -0.384. The lowest BCUT2D eigenvalue weighted by Crippen LogP contribution is -1.94. The van der Waals surface area contributed by atoms with Crippen LogP contribution in [0.15, 0.2) is 42.7 Å². The average Bonchev–Trinajstić information content (AvgIpc) is 3.24. The van der Waals surface area contributed by atoms with Crippen LogP contribution in [-0.2, 0) is 0 Å². The molecule has 0 atom stereocenters. The maximum absolute atomic E-state index is 10.8. The second kappa shape index (κ2) is 4.68. The summed E-state index contributed by atoms with van der Waals surface area (Å²) in [7, 11) is 0. The summed E-state index contributed by atoms with van der Waals surface area (Å²) in [6.45, 7) is 0. The topological polar surface area (TPSA) is 65.3 Å². The van der Waals surface area contributed by atoms with E-state index in [4.69, 9.17) is 4.74 Å². The number of pyridine rings is 1. The normalized spacial score (nSPS) is 14.1.